The van der Waals surface area contributed by atoms with E-state index in [1.165, 1.54) is 0 Å². The van der Waals surface area contributed by atoms with E-state index in [0.717, 1.165) is 29.8 Å². The number of hydrogen-bond acceptors (Lipinski definition) is 2. The fourth-order valence-corrected chi connectivity index (χ4v) is 2.18. The van der Waals surface area contributed by atoms with Crippen molar-refractivity contribution in [2.24, 2.45) is 0 Å². The molecule has 0 saturated carbocycles. The zero-order chi connectivity index (χ0) is 11.5. The summed E-state index contributed by atoms with van der Waals surface area (Å²) in [6, 6.07) is 8.09. The van der Waals surface area contributed by atoms with Gasteiger partial charge in [0.05, 0.1) is 6.54 Å². The summed E-state index contributed by atoms with van der Waals surface area (Å²) in [6.45, 7) is 5.07. The number of carbonyl (C=O) groups is 1. The fourth-order valence-electron chi connectivity index (χ4n) is 1.92. The number of halogens is 1. The molecule has 86 valence electrons. The Labute approximate surface area is 104 Å². The maximum Gasteiger partial charge on any atom is 0.242 e. The van der Waals surface area contributed by atoms with Crippen molar-refractivity contribution in [2.45, 2.75) is 6.92 Å². The van der Waals surface area contributed by atoms with Crippen LogP contribution in [0.2, 0.25) is 0 Å². The number of amides is 1. The molecule has 1 amide bonds. The highest BCUT2D eigenvalue weighted by molar-refractivity contribution is 9.10. The van der Waals surface area contributed by atoms with E-state index in [1.807, 2.05) is 36.1 Å². The highest BCUT2D eigenvalue weighted by atomic mass is 79.9. The number of nitrogens with zero attached hydrogens (tertiary/aromatic N) is 2. The number of carbonyl (C=O) groups excluding carboxylic acids is 1. The number of likely N-dealkylation sites (N-methyl/N-ethyl adjacent to an activating group) is 1. The van der Waals surface area contributed by atoms with Crippen LogP contribution in [-0.2, 0) is 4.79 Å². The molecule has 1 aliphatic heterocycles. The predicted molar refractivity (Wildman–Crippen MR) is 68.6 cm³/mol. The van der Waals surface area contributed by atoms with Crippen LogP contribution in [0.3, 0.4) is 0 Å². The summed E-state index contributed by atoms with van der Waals surface area (Å²) >= 11 is 3.41. The summed E-state index contributed by atoms with van der Waals surface area (Å²) in [7, 11) is 0. The minimum atomic E-state index is 0.219. The summed E-state index contributed by atoms with van der Waals surface area (Å²) in [4.78, 5) is 15.8. The van der Waals surface area contributed by atoms with E-state index in [-0.39, 0.29) is 5.91 Å². The maximum atomic E-state index is 11.8. The molecule has 1 heterocycles. The number of anilines is 1. The van der Waals surface area contributed by atoms with Crippen molar-refractivity contribution >= 4 is 27.5 Å². The predicted octanol–water partition coefficient (Wildman–Crippen LogP) is 2.12. The molecule has 1 fully saturated rings. The van der Waals surface area contributed by atoms with Crippen molar-refractivity contribution in [2.75, 3.05) is 31.1 Å². The Hall–Kier alpha value is -1.03. The topological polar surface area (TPSA) is 23.6 Å². The van der Waals surface area contributed by atoms with Gasteiger partial charge in [0.15, 0.2) is 0 Å². The third kappa shape index (κ3) is 2.38. The largest absolute Gasteiger partial charge is 0.360 e. The Morgan fingerprint density at radius 3 is 2.50 bits per heavy atom. The van der Waals surface area contributed by atoms with Gasteiger partial charge in [-0.3, -0.25) is 4.79 Å². The summed E-state index contributed by atoms with van der Waals surface area (Å²) < 4.78 is 1.06. The van der Waals surface area contributed by atoms with E-state index in [2.05, 4.69) is 20.8 Å². The minimum absolute atomic E-state index is 0.219. The molecule has 0 N–H and O–H groups in total. The van der Waals surface area contributed by atoms with Crippen LogP contribution in [0, 0.1) is 0 Å². The zero-order valence-electron chi connectivity index (χ0n) is 9.32. The average Bonchev–Trinajstić information content (AvgIpc) is 2.30. The third-order valence-electron chi connectivity index (χ3n) is 2.89. The summed E-state index contributed by atoms with van der Waals surface area (Å²) in [5.41, 5.74) is 1.12. The van der Waals surface area contributed by atoms with E-state index in [9.17, 15) is 4.79 Å². The second kappa shape index (κ2) is 4.87. The van der Waals surface area contributed by atoms with E-state index in [0.29, 0.717) is 6.54 Å². The van der Waals surface area contributed by atoms with Crippen molar-refractivity contribution < 1.29 is 4.79 Å². The normalized spacial score (nSPS) is 16.8. The van der Waals surface area contributed by atoms with E-state index in [1.54, 1.807) is 0 Å². The smallest absolute Gasteiger partial charge is 0.242 e. The van der Waals surface area contributed by atoms with Gasteiger partial charge in [-0.1, -0.05) is 15.9 Å². The van der Waals surface area contributed by atoms with Crippen LogP contribution in [0.5, 0.6) is 0 Å². The first-order valence-corrected chi connectivity index (χ1v) is 6.28. The summed E-state index contributed by atoms with van der Waals surface area (Å²) in [5.74, 6) is 0.219. The molecule has 2 rings (SSSR count). The van der Waals surface area contributed by atoms with Crippen LogP contribution < -0.4 is 4.90 Å². The van der Waals surface area contributed by atoms with E-state index < -0.39 is 0 Å². The van der Waals surface area contributed by atoms with Crippen molar-refractivity contribution in [1.82, 2.24) is 4.90 Å². The van der Waals surface area contributed by atoms with Gasteiger partial charge >= 0.3 is 0 Å². The van der Waals surface area contributed by atoms with Crippen LogP contribution in [-0.4, -0.2) is 37.0 Å². The third-order valence-corrected chi connectivity index (χ3v) is 3.42. The second-order valence-corrected chi connectivity index (χ2v) is 4.79. The highest BCUT2D eigenvalue weighted by Crippen LogP contribution is 2.19. The van der Waals surface area contributed by atoms with Crippen LogP contribution in [0.1, 0.15) is 6.92 Å². The molecule has 3 nitrogen and oxygen atoms in total. The van der Waals surface area contributed by atoms with Crippen molar-refractivity contribution in [3.63, 3.8) is 0 Å². The molecule has 1 saturated heterocycles. The van der Waals surface area contributed by atoms with Gasteiger partial charge in [0.1, 0.15) is 0 Å². The molecular formula is C12H15BrN2O. The summed E-state index contributed by atoms with van der Waals surface area (Å²) in [6.07, 6.45) is 0. The van der Waals surface area contributed by atoms with Gasteiger partial charge in [0, 0.05) is 29.8 Å². The lowest BCUT2D eigenvalue weighted by molar-refractivity contribution is -0.130. The first-order chi connectivity index (χ1) is 7.70. The number of hydrogen-bond donors (Lipinski definition) is 0. The number of piperazine rings is 1. The Morgan fingerprint density at radius 1 is 1.25 bits per heavy atom. The van der Waals surface area contributed by atoms with Crippen LogP contribution in [0.15, 0.2) is 28.7 Å². The Balaban J connectivity index is 2.07. The van der Waals surface area contributed by atoms with Gasteiger partial charge in [0.25, 0.3) is 0 Å². The van der Waals surface area contributed by atoms with Crippen LogP contribution in [0.25, 0.3) is 0 Å². The van der Waals surface area contributed by atoms with Crippen molar-refractivity contribution in [1.29, 1.82) is 0 Å². The lowest BCUT2D eigenvalue weighted by atomic mass is 10.2. The summed E-state index contributed by atoms with van der Waals surface area (Å²) in [5, 5.41) is 0. The molecule has 0 aliphatic carbocycles. The first kappa shape index (κ1) is 11.5. The van der Waals surface area contributed by atoms with Crippen LogP contribution >= 0.6 is 15.9 Å². The van der Waals surface area contributed by atoms with E-state index in [4.69, 9.17) is 0 Å². The van der Waals surface area contributed by atoms with Gasteiger partial charge in [-0.05, 0) is 31.2 Å². The molecule has 1 aromatic carbocycles. The quantitative estimate of drug-likeness (QED) is 0.830. The lowest BCUT2D eigenvalue weighted by Gasteiger charge is -2.35. The van der Waals surface area contributed by atoms with Crippen LogP contribution in [0.4, 0.5) is 5.69 Å². The van der Waals surface area contributed by atoms with Crippen molar-refractivity contribution in [3.05, 3.63) is 28.7 Å². The van der Waals surface area contributed by atoms with Gasteiger partial charge in [-0.15, -0.1) is 0 Å². The van der Waals surface area contributed by atoms with Gasteiger partial charge in [-0.2, -0.15) is 0 Å². The number of rotatable bonds is 2. The van der Waals surface area contributed by atoms with Gasteiger partial charge in [-0.25, -0.2) is 0 Å². The average molecular weight is 283 g/mol. The van der Waals surface area contributed by atoms with Crippen molar-refractivity contribution in [3.8, 4) is 0 Å². The Morgan fingerprint density at radius 2 is 1.94 bits per heavy atom. The second-order valence-electron chi connectivity index (χ2n) is 3.87. The number of benzene rings is 1. The highest BCUT2D eigenvalue weighted by Gasteiger charge is 2.22. The molecule has 4 heteroatoms. The standard InChI is InChI=1S/C12H15BrN2O/c1-2-14-7-8-15(9-12(14)16)11-5-3-10(13)4-6-11/h3-6H,2,7-9H2,1H3. The minimum Gasteiger partial charge on any atom is -0.360 e. The molecular weight excluding hydrogens is 268 g/mol. The first-order valence-electron chi connectivity index (χ1n) is 5.49. The molecule has 0 unspecified atom stereocenters. The molecule has 0 atom stereocenters. The molecule has 0 spiro atoms. The Bertz CT molecular complexity index is 377. The molecule has 1 aliphatic rings. The van der Waals surface area contributed by atoms with Gasteiger partial charge < -0.3 is 9.80 Å². The molecule has 0 radical (unpaired) electrons. The lowest BCUT2D eigenvalue weighted by Crippen LogP contribution is -2.50. The van der Waals surface area contributed by atoms with E-state index >= 15 is 0 Å². The SMILES string of the molecule is CCN1CCN(c2ccc(Br)cc2)CC1=O. The molecule has 16 heavy (non-hydrogen) atoms. The molecule has 0 aromatic heterocycles. The fraction of sp³-hybridized carbons (Fsp3) is 0.417. The van der Waals surface area contributed by atoms with Gasteiger partial charge in [0.2, 0.25) is 5.91 Å². The monoisotopic (exact) mass is 282 g/mol. The zero-order valence-corrected chi connectivity index (χ0v) is 10.9. The maximum absolute atomic E-state index is 11.8. The molecule has 0 bridgehead atoms. The Kier molecular flexibility index (Phi) is 3.49. The molecule has 1 aromatic rings.